The first-order chi connectivity index (χ1) is 9.72. The van der Waals surface area contributed by atoms with Crippen LogP contribution in [0.25, 0.3) is 0 Å². The van der Waals surface area contributed by atoms with Crippen molar-refractivity contribution in [2.45, 2.75) is 34.1 Å². The van der Waals surface area contributed by atoms with Gasteiger partial charge >= 0.3 is 12.0 Å². The van der Waals surface area contributed by atoms with Crippen LogP contribution < -0.4 is 10.6 Å². The van der Waals surface area contributed by atoms with Gasteiger partial charge < -0.3 is 15.7 Å². The van der Waals surface area contributed by atoms with Crippen molar-refractivity contribution in [2.75, 3.05) is 13.1 Å². The van der Waals surface area contributed by atoms with E-state index in [-0.39, 0.29) is 17.1 Å². The van der Waals surface area contributed by atoms with Crippen LogP contribution in [0.3, 0.4) is 0 Å². The number of carboxylic acids is 1. The summed E-state index contributed by atoms with van der Waals surface area (Å²) in [4.78, 5) is 26.3. The smallest absolute Gasteiger partial charge is 0.355 e. The lowest BCUT2D eigenvalue weighted by Gasteiger charge is -2.29. The quantitative estimate of drug-likeness (QED) is 0.720. The van der Waals surface area contributed by atoms with Gasteiger partial charge in [0.15, 0.2) is 5.69 Å². The SMILES string of the molecule is CC(C)C(C)(C)CNC(=O)NCCc1nc(C(=O)O)cs1. The summed E-state index contributed by atoms with van der Waals surface area (Å²) in [5.74, 6) is -0.554. The molecule has 0 radical (unpaired) electrons. The van der Waals surface area contributed by atoms with E-state index in [0.29, 0.717) is 30.4 Å². The average molecular weight is 313 g/mol. The Kier molecular flexibility index (Phi) is 6.14. The zero-order valence-electron chi connectivity index (χ0n) is 12.9. The first kappa shape index (κ1) is 17.4. The maximum absolute atomic E-state index is 11.7. The highest BCUT2D eigenvalue weighted by Gasteiger charge is 2.22. The molecule has 118 valence electrons. The normalized spacial score (nSPS) is 11.5. The van der Waals surface area contributed by atoms with Gasteiger partial charge in [0.25, 0.3) is 0 Å². The molecule has 2 amide bonds. The van der Waals surface area contributed by atoms with Crippen LogP contribution in [0.5, 0.6) is 0 Å². The number of nitrogens with zero attached hydrogens (tertiary/aromatic N) is 1. The van der Waals surface area contributed by atoms with Crippen LogP contribution in [0, 0.1) is 11.3 Å². The summed E-state index contributed by atoms with van der Waals surface area (Å²) in [5.41, 5.74) is 0.0985. The van der Waals surface area contributed by atoms with E-state index in [1.54, 1.807) is 0 Å². The molecular formula is C14H23N3O3S. The first-order valence-corrected chi connectivity index (χ1v) is 7.79. The van der Waals surface area contributed by atoms with Crippen LogP contribution in [-0.4, -0.2) is 35.2 Å². The van der Waals surface area contributed by atoms with Gasteiger partial charge in [0.2, 0.25) is 0 Å². The fourth-order valence-corrected chi connectivity index (χ4v) is 2.15. The van der Waals surface area contributed by atoms with Gasteiger partial charge in [-0.2, -0.15) is 0 Å². The van der Waals surface area contributed by atoms with E-state index in [9.17, 15) is 9.59 Å². The average Bonchev–Trinajstić information content (AvgIpc) is 2.85. The molecule has 1 heterocycles. The molecular weight excluding hydrogens is 290 g/mol. The third-order valence-corrected chi connectivity index (χ3v) is 4.57. The molecule has 7 heteroatoms. The molecule has 0 aliphatic carbocycles. The number of carbonyl (C=O) groups excluding carboxylic acids is 1. The van der Waals surface area contributed by atoms with Gasteiger partial charge in [0.1, 0.15) is 0 Å². The third-order valence-electron chi connectivity index (χ3n) is 3.66. The van der Waals surface area contributed by atoms with Crippen LogP contribution in [0.15, 0.2) is 5.38 Å². The number of hydrogen-bond acceptors (Lipinski definition) is 4. The topological polar surface area (TPSA) is 91.3 Å². The summed E-state index contributed by atoms with van der Waals surface area (Å²) >= 11 is 1.29. The molecule has 0 saturated heterocycles. The molecule has 0 fully saturated rings. The van der Waals surface area contributed by atoms with Gasteiger partial charge in [0, 0.05) is 24.9 Å². The standard InChI is InChI=1S/C14H23N3O3S/c1-9(2)14(3,4)8-16-13(20)15-6-5-11-17-10(7-21-11)12(18)19/h7,9H,5-6,8H2,1-4H3,(H,18,19)(H2,15,16,20). The summed E-state index contributed by atoms with van der Waals surface area (Å²) in [6.45, 7) is 9.52. The Morgan fingerprint density at radius 1 is 1.38 bits per heavy atom. The summed E-state index contributed by atoms with van der Waals surface area (Å²) in [7, 11) is 0. The van der Waals surface area contributed by atoms with Gasteiger partial charge in [-0.1, -0.05) is 27.7 Å². The number of thiazole rings is 1. The van der Waals surface area contributed by atoms with E-state index in [4.69, 9.17) is 5.11 Å². The van der Waals surface area contributed by atoms with Crippen molar-refractivity contribution < 1.29 is 14.7 Å². The Morgan fingerprint density at radius 2 is 2.05 bits per heavy atom. The molecule has 0 bridgehead atoms. The van der Waals surface area contributed by atoms with Gasteiger partial charge in [-0.15, -0.1) is 11.3 Å². The number of aromatic nitrogens is 1. The van der Waals surface area contributed by atoms with E-state index >= 15 is 0 Å². The second-order valence-corrected chi connectivity index (χ2v) is 6.88. The first-order valence-electron chi connectivity index (χ1n) is 6.92. The van der Waals surface area contributed by atoms with E-state index < -0.39 is 5.97 Å². The van der Waals surface area contributed by atoms with Crippen LogP contribution >= 0.6 is 11.3 Å². The molecule has 6 nitrogen and oxygen atoms in total. The number of aromatic carboxylic acids is 1. The Bertz CT molecular complexity index is 497. The lowest BCUT2D eigenvalue weighted by atomic mass is 9.81. The largest absolute Gasteiger partial charge is 0.476 e. The molecule has 1 aromatic heterocycles. The minimum absolute atomic E-state index is 0.0447. The minimum atomic E-state index is -1.03. The molecule has 0 saturated carbocycles. The molecule has 1 rings (SSSR count). The molecule has 0 aromatic carbocycles. The number of hydrogen-bond donors (Lipinski definition) is 3. The van der Waals surface area contributed by atoms with Crippen molar-refractivity contribution >= 4 is 23.3 Å². The van der Waals surface area contributed by atoms with E-state index in [1.807, 2.05) is 0 Å². The van der Waals surface area contributed by atoms with Gasteiger partial charge in [-0.05, 0) is 11.3 Å². The summed E-state index contributed by atoms with van der Waals surface area (Å²) < 4.78 is 0. The van der Waals surface area contributed by atoms with E-state index in [1.165, 1.54) is 16.7 Å². The highest BCUT2D eigenvalue weighted by Crippen LogP contribution is 2.24. The molecule has 21 heavy (non-hydrogen) atoms. The number of carbonyl (C=O) groups is 2. The van der Waals surface area contributed by atoms with Crippen LogP contribution in [0.4, 0.5) is 4.79 Å². The van der Waals surface area contributed by atoms with E-state index in [0.717, 1.165) is 0 Å². The Balaban J connectivity index is 2.29. The van der Waals surface area contributed by atoms with Crippen molar-refractivity contribution in [3.8, 4) is 0 Å². The summed E-state index contributed by atoms with van der Waals surface area (Å²) in [6.07, 6.45) is 0.527. The zero-order chi connectivity index (χ0) is 16.0. The second-order valence-electron chi connectivity index (χ2n) is 5.93. The van der Waals surface area contributed by atoms with Gasteiger partial charge in [-0.3, -0.25) is 0 Å². The highest BCUT2D eigenvalue weighted by atomic mass is 32.1. The van der Waals surface area contributed by atoms with E-state index in [2.05, 4.69) is 43.3 Å². The van der Waals surface area contributed by atoms with Crippen molar-refractivity contribution in [3.63, 3.8) is 0 Å². The zero-order valence-corrected chi connectivity index (χ0v) is 13.7. The van der Waals surface area contributed by atoms with Gasteiger partial charge in [-0.25, -0.2) is 14.6 Å². The van der Waals surface area contributed by atoms with Crippen LogP contribution in [-0.2, 0) is 6.42 Å². The van der Waals surface area contributed by atoms with Crippen molar-refractivity contribution in [3.05, 3.63) is 16.1 Å². The summed E-state index contributed by atoms with van der Waals surface area (Å²) in [5, 5.41) is 16.6. The van der Waals surface area contributed by atoms with Crippen molar-refractivity contribution in [1.82, 2.24) is 15.6 Å². The minimum Gasteiger partial charge on any atom is -0.476 e. The predicted molar refractivity (Wildman–Crippen MR) is 82.8 cm³/mol. The fraction of sp³-hybridized carbons (Fsp3) is 0.643. The lowest BCUT2D eigenvalue weighted by Crippen LogP contribution is -2.42. The molecule has 0 aliphatic heterocycles. The maximum Gasteiger partial charge on any atom is 0.355 e. The number of rotatable bonds is 7. The number of urea groups is 1. The van der Waals surface area contributed by atoms with Crippen LogP contribution in [0.1, 0.15) is 43.2 Å². The second kappa shape index (κ2) is 7.40. The number of amides is 2. The number of carboxylic acid groups (broad SMARTS) is 1. The Morgan fingerprint density at radius 3 is 2.57 bits per heavy atom. The maximum atomic E-state index is 11.7. The van der Waals surface area contributed by atoms with Crippen LogP contribution in [0.2, 0.25) is 0 Å². The number of nitrogens with one attached hydrogen (secondary N) is 2. The third kappa shape index (κ3) is 5.71. The molecule has 0 atom stereocenters. The van der Waals surface area contributed by atoms with Gasteiger partial charge in [0.05, 0.1) is 5.01 Å². The molecule has 1 aromatic rings. The highest BCUT2D eigenvalue weighted by molar-refractivity contribution is 7.09. The predicted octanol–water partition coefficient (Wildman–Crippen LogP) is 2.37. The van der Waals surface area contributed by atoms with Crippen molar-refractivity contribution in [1.29, 1.82) is 0 Å². The fourth-order valence-electron chi connectivity index (χ4n) is 1.38. The molecule has 0 aliphatic rings. The summed E-state index contributed by atoms with van der Waals surface area (Å²) in [6, 6.07) is -0.210. The Hall–Kier alpha value is -1.63. The monoisotopic (exact) mass is 313 g/mol. The molecule has 0 unspecified atom stereocenters. The lowest BCUT2D eigenvalue weighted by molar-refractivity contribution is 0.0691. The molecule has 0 spiro atoms. The van der Waals surface area contributed by atoms with Crippen molar-refractivity contribution in [2.24, 2.45) is 11.3 Å². The Labute approximate surface area is 129 Å². The molecule has 3 N–H and O–H groups in total.